The molecule has 7 nitrogen and oxygen atoms in total. The van der Waals surface area contributed by atoms with Gasteiger partial charge in [0, 0.05) is 30.4 Å². The minimum atomic E-state index is 0.644. The van der Waals surface area contributed by atoms with Gasteiger partial charge >= 0.3 is 0 Å². The molecule has 0 spiro atoms. The molecule has 0 aliphatic carbocycles. The summed E-state index contributed by atoms with van der Waals surface area (Å²) in [6.07, 6.45) is 3.50. The molecule has 124 valence electrons. The van der Waals surface area contributed by atoms with E-state index in [1.165, 1.54) is 0 Å². The molecule has 0 saturated carbocycles. The van der Waals surface area contributed by atoms with Crippen LogP contribution >= 0.6 is 0 Å². The summed E-state index contributed by atoms with van der Waals surface area (Å²) >= 11 is 0. The molecular formula is C18H18N7+. The lowest BCUT2D eigenvalue weighted by atomic mass is 10.1. The third kappa shape index (κ3) is 3.18. The largest absolute Gasteiger partial charge is 0.361 e. The number of hydrogen-bond donors (Lipinski definition) is 4. The molecule has 0 unspecified atom stereocenters. The number of fused-ring (bicyclic) bond motifs is 1. The number of anilines is 1. The molecule has 4 rings (SSSR count). The predicted molar refractivity (Wildman–Crippen MR) is 96.7 cm³/mol. The van der Waals surface area contributed by atoms with Crippen molar-refractivity contribution in [1.82, 2.24) is 20.2 Å². The third-order valence-electron chi connectivity index (χ3n) is 4.01. The van der Waals surface area contributed by atoms with E-state index in [1.807, 2.05) is 30.3 Å². The zero-order valence-corrected chi connectivity index (χ0v) is 13.5. The Labute approximate surface area is 144 Å². The monoisotopic (exact) mass is 332 g/mol. The van der Waals surface area contributed by atoms with E-state index in [0.29, 0.717) is 6.54 Å². The Morgan fingerprint density at radius 2 is 2.04 bits per heavy atom. The smallest absolute Gasteiger partial charge is 0.191 e. The van der Waals surface area contributed by atoms with Crippen LogP contribution in [0.3, 0.4) is 0 Å². The van der Waals surface area contributed by atoms with E-state index in [-0.39, 0.29) is 0 Å². The summed E-state index contributed by atoms with van der Waals surface area (Å²) in [6, 6.07) is 15.9. The van der Waals surface area contributed by atoms with Crippen LogP contribution in [0.2, 0.25) is 0 Å². The van der Waals surface area contributed by atoms with Crippen LogP contribution < -0.4 is 16.6 Å². The van der Waals surface area contributed by atoms with Crippen molar-refractivity contribution in [2.24, 2.45) is 5.84 Å². The van der Waals surface area contributed by atoms with Gasteiger partial charge in [0.1, 0.15) is 0 Å². The first-order chi connectivity index (χ1) is 12.3. The minimum Gasteiger partial charge on any atom is -0.361 e. The van der Waals surface area contributed by atoms with E-state index in [9.17, 15) is 0 Å². The Morgan fingerprint density at radius 1 is 1.08 bits per heavy atom. The van der Waals surface area contributed by atoms with Gasteiger partial charge < -0.3 is 5.32 Å². The van der Waals surface area contributed by atoms with Crippen LogP contribution in [0.4, 0.5) is 11.5 Å². The molecule has 4 aromatic rings. The van der Waals surface area contributed by atoms with Gasteiger partial charge in [0.05, 0.1) is 16.9 Å². The average Bonchev–Trinajstić information content (AvgIpc) is 3.21. The first-order valence-electron chi connectivity index (χ1n) is 7.97. The molecule has 0 bridgehead atoms. The number of rotatable bonds is 5. The maximum atomic E-state index is 5.73. The fourth-order valence-electron chi connectivity index (χ4n) is 2.72. The van der Waals surface area contributed by atoms with Gasteiger partial charge in [-0.2, -0.15) is 10.9 Å². The summed E-state index contributed by atoms with van der Waals surface area (Å²) in [6.45, 7) is 0.644. The molecular weight excluding hydrogens is 314 g/mol. The van der Waals surface area contributed by atoms with Gasteiger partial charge in [-0.3, -0.25) is 10.1 Å². The highest BCUT2D eigenvalue weighted by atomic mass is 15.2. The summed E-state index contributed by atoms with van der Waals surface area (Å²) in [5, 5.41) is 11.4. The zero-order chi connectivity index (χ0) is 17.1. The van der Waals surface area contributed by atoms with Crippen molar-refractivity contribution in [3.63, 3.8) is 0 Å². The number of aromatic nitrogens is 4. The SMILES string of the molecule is N[NH2+]c1ccc(-c2ccn[nH]2)nc1NCc1ccc2ncccc2c1. The Bertz CT molecular complexity index is 995. The second-order valence-electron chi connectivity index (χ2n) is 5.66. The highest BCUT2D eigenvalue weighted by Gasteiger charge is 2.10. The van der Waals surface area contributed by atoms with Crippen molar-refractivity contribution < 1.29 is 5.43 Å². The fourth-order valence-corrected chi connectivity index (χ4v) is 2.72. The van der Waals surface area contributed by atoms with E-state index in [4.69, 9.17) is 5.84 Å². The van der Waals surface area contributed by atoms with Gasteiger partial charge in [-0.15, -0.1) is 0 Å². The third-order valence-corrected chi connectivity index (χ3v) is 4.01. The van der Waals surface area contributed by atoms with Gasteiger partial charge in [-0.1, -0.05) is 12.1 Å². The Balaban J connectivity index is 1.59. The molecule has 1 aromatic carbocycles. The van der Waals surface area contributed by atoms with Gasteiger partial charge in [-0.05, 0) is 35.9 Å². The fraction of sp³-hybridized carbons (Fsp3) is 0.0556. The van der Waals surface area contributed by atoms with Gasteiger partial charge in [-0.25, -0.2) is 10.4 Å². The second kappa shape index (κ2) is 6.68. The number of nitrogens with zero attached hydrogens (tertiary/aromatic N) is 3. The molecule has 0 amide bonds. The summed E-state index contributed by atoms with van der Waals surface area (Å²) in [5.41, 5.74) is 6.22. The second-order valence-corrected chi connectivity index (χ2v) is 5.66. The van der Waals surface area contributed by atoms with Crippen LogP contribution in [-0.4, -0.2) is 20.2 Å². The first-order valence-corrected chi connectivity index (χ1v) is 7.97. The predicted octanol–water partition coefficient (Wildman–Crippen LogP) is 1.70. The molecule has 0 saturated heterocycles. The van der Waals surface area contributed by atoms with Crippen molar-refractivity contribution in [3.05, 3.63) is 66.5 Å². The molecule has 0 aliphatic heterocycles. The molecule has 25 heavy (non-hydrogen) atoms. The van der Waals surface area contributed by atoms with Crippen molar-refractivity contribution in [2.45, 2.75) is 6.54 Å². The van der Waals surface area contributed by atoms with E-state index in [1.54, 1.807) is 17.8 Å². The quantitative estimate of drug-likeness (QED) is 0.328. The number of H-pyrrole nitrogens is 1. The molecule has 7 heteroatoms. The number of hydrogen-bond acceptors (Lipinski definition) is 5. The van der Waals surface area contributed by atoms with Crippen LogP contribution in [0.15, 0.2) is 60.9 Å². The highest BCUT2D eigenvalue weighted by molar-refractivity contribution is 5.79. The summed E-state index contributed by atoms with van der Waals surface area (Å²) < 4.78 is 0. The molecule has 3 heterocycles. The average molecular weight is 332 g/mol. The highest BCUT2D eigenvalue weighted by Crippen LogP contribution is 2.22. The molecule has 0 aliphatic rings. The van der Waals surface area contributed by atoms with Crippen molar-refractivity contribution in [1.29, 1.82) is 0 Å². The molecule has 0 atom stereocenters. The van der Waals surface area contributed by atoms with E-state index >= 15 is 0 Å². The Hall–Kier alpha value is -3.29. The zero-order valence-electron chi connectivity index (χ0n) is 13.5. The van der Waals surface area contributed by atoms with E-state index < -0.39 is 0 Å². The van der Waals surface area contributed by atoms with Crippen molar-refractivity contribution >= 4 is 22.4 Å². The van der Waals surface area contributed by atoms with Gasteiger partial charge in [0.25, 0.3) is 0 Å². The number of nitrogens with one attached hydrogen (secondary N) is 2. The van der Waals surface area contributed by atoms with E-state index in [0.717, 1.165) is 39.4 Å². The lowest BCUT2D eigenvalue weighted by molar-refractivity contribution is -0.583. The first kappa shape index (κ1) is 15.3. The number of pyridine rings is 2. The summed E-state index contributed by atoms with van der Waals surface area (Å²) in [7, 11) is 0. The maximum absolute atomic E-state index is 5.73. The van der Waals surface area contributed by atoms with Crippen LogP contribution in [0, 0.1) is 0 Å². The number of quaternary nitrogens is 1. The van der Waals surface area contributed by atoms with Gasteiger partial charge in [0.15, 0.2) is 11.5 Å². The molecule has 3 aromatic heterocycles. The number of nitrogens with two attached hydrogens (primary N) is 2. The topological polar surface area (TPSA) is 109 Å². The number of aromatic amines is 1. The van der Waals surface area contributed by atoms with Crippen LogP contribution in [0.25, 0.3) is 22.3 Å². The summed E-state index contributed by atoms with van der Waals surface area (Å²) in [4.78, 5) is 9.00. The van der Waals surface area contributed by atoms with Crippen LogP contribution in [0.5, 0.6) is 0 Å². The standard InChI is InChI=1S/C18H17N7/c19-24-17-6-5-15(16-7-9-22-25-16)23-18(17)21-11-12-3-4-14-13(10-12)2-1-8-20-14/h1-10,24H,11,19H2,(H,21,23)(H,22,25)/p+1. The Morgan fingerprint density at radius 3 is 2.88 bits per heavy atom. The lowest BCUT2D eigenvalue weighted by Crippen LogP contribution is -2.85. The summed E-state index contributed by atoms with van der Waals surface area (Å²) in [5.74, 6) is 6.47. The van der Waals surface area contributed by atoms with Gasteiger partial charge in [0.2, 0.25) is 0 Å². The van der Waals surface area contributed by atoms with Crippen LogP contribution in [-0.2, 0) is 6.54 Å². The van der Waals surface area contributed by atoms with Crippen molar-refractivity contribution in [2.75, 3.05) is 5.32 Å². The van der Waals surface area contributed by atoms with E-state index in [2.05, 4.69) is 43.7 Å². The lowest BCUT2D eigenvalue weighted by Gasteiger charge is -2.10. The normalized spacial score (nSPS) is 10.9. The number of benzene rings is 1. The molecule has 0 radical (unpaired) electrons. The van der Waals surface area contributed by atoms with Crippen molar-refractivity contribution in [3.8, 4) is 11.4 Å². The van der Waals surface area contributed by atoms with Crippen LogP contribution in [0.1, 0.15) is 5.56 Å². The Kier molecular flexibility index (Phi) is 4.07. The maximum Gasteiger partial charge on any atom is 0.191 e. The minimum absolute atomic E-state index is 0.644. The molecule has 0 fully saturated rings. The molecule has 6 N–H and O–H groups in total.